The van der Waals surface area contributed by atoms with Crippen LogP contribution in [-0.2, 0) is 4.79 Å². The molecule has 1 unspecified atom stereocenters. The number of amides is 1. The Hall–Kier alpha value is -0.570. The monoisotopic (exact) mass is 212 g/mol. The van der Waals surface area contributed by atoms with Gasteiger partial charge in [-0.15, -0.1) is 0 Å². The molecule has 2 N–H and O–H groups in total. The van der Waals surface area contributed by atoms with Gasteiger partial charge in [0.15, 0.2) is 0 Å². The highest BCUT2D eigenvalue weighted by atomic mass is 16.1. The lowest BCUT2D eigenvalue weighted by atomic mass is 10.0. The van der Waals surface area contributed by atoms with Crippen molar-refractivity contribution in [3.8, 4) is 0 Å². The van der Waals surface area contributed by atoms with Crippen LogP contribution in [0.25, 0.3) is 0 Å². The largest absolute Gasteiger partial charge is 0.368 e. The van der Waals surface area contributed by atoms with Crippen molar-refractivity contribution in [3.63, 3.8) is 0 Å². The zero-order valence-electron chi connectivity index (χ0n) is 9.87. The molecule has 1 fully saturated rings. The number of unbranched alkanes of at least 4 members (excludes halogenated alkanes) is 2. The minimum absolute atomic E-state index is 0.00292. The molecule has 0 saturated carbocycles. The van der Waals surface area contributed by atoms with E-state index in [9.17, 15) is 4.79 Å². The Morgan fingerprint density at radius 3 is 2.47 bits per heavy atom. The van der Waals surface area contributed by atoms with E-state index >= 15 is 0 Å². The van der Waals surface area contributed by atoms with Crippen LogP contribution in [0.15, 0.2) is 0 Å². The molecule has 0 aromatic heterocycles. The fourth-order valence-electron chi connectivity index (χ4n) is 2.32. The summed E-state index contributed by atoms with van der Waals surface area (Å²) >= 11 is 0. The van der Waals surface area contributed by atoms with Gasteiger partial charge in [-0.3, -0.25) is 9.69 Å². The molecular weight excluding hydrogens is 188 g/mol. The minimum atomic E-state index is -0.131. The molecule has 1 saturated heterocycles. The first-order valence-corrected chi connectivity index (χ1v) is 6.29. The molecule has 0 aromatic carbocycles. The van der Waals surface area contributed by atoms with Gasteiger partial charge >= 0.3 is 0 Å². The Bertz CT molecular complexity index is 188. The number of hydrogen-bond acceptors (Lipinski definition) is 2. The molecule has 1 aliphatic rings. The summed E-state index contributed by atoms with van der Waals surface area (Å²) in [6, 6.07) is -0.00292. The zero-order valence-corrected chi connectivity index (χ0v) is 9.87. The van der Waals surface area contributed by atoms with Crippen LogP contribution in [-0.4, -0.2) is 29.9 Å². The average Bonchev–Trinajstić information content (AvgIpc) is 2.25. The van der Waals surface area contributed by atoms with Gasteiger partial charge in [-0.2, -0.15) is 0 Å². The van der Waals surface area contributed by atoms with Crippen molar-refractivity contribution in [2.45, 2.75) is 57.9 Å². The maximum absolute atomic E-state index is 11.4. The Labute approximate surface area is 93.0 Å². The second-order valence-electron chi connectivity index (χ2n) is 4.51. The van der Waals surface area contributed by atoms with Crippen molar-refractivity contribution >= 4 is 5.91 Å². The lowest BCUT2D eigenvalue weighted by Crippen LogP contribution is -2.47. The summed E-state index contributed by atoms with van der Waals surface area (Å²) in [5.41, 5.74) is 5.47. The summed E-state index contributed by atoms with van der Waals surface area (Å²) < 4.78 is 0. The Morgan fingerprint density at radius 1 is 1.27 bits per heavy atom. The molecule has 0 aliphatic carbocycles. The summed E-state index contributed by atoms with van der Waals surface area (Å²) in [4.78, 5) is 13.7. The van der Waals surface area contributed by atoms with E-state index in [1.807, 2.05) is 0 Å². The van der Waals surface area contributed by atoms with E-state index in [4.69, 9.17) is 5.73 Å². The first kappa shape index (κ1) is 12.5. The number of likely N-dealkylation sites (tertiary alicyclic amines) is 1. The summed E-state index contributed by atoms with van der Waals surface area (Å²) in [5, 5.41) is 0. The SMILES string of the molecule is CCCCCC(C(N)=O)N1CCCCC1. The van der Waals surface area contributed by atoms with Crippen LogP contribution in [0.1, 0.15) is 51.9 Å². The summed E-state index contributed by atoms with van der Waals surface area (Å²) in [6.45, 7) is 4.29. The van der Waals surface area contributed by atoms with Gasteiger partial charge in [-0.1, -0.05) is 32.6 Å². The molecule has 1 atom stereocenters. The molecule has 0 aromatic rings. The van der Waals surface area contributed by atoms with Crippen molar-refractivity contribution in [1.29, 1.82) is 0 Å². The molecule has 1 rings (SSSR count). The minimum Gasteiger partial charge on any atom is -0.368 e. The number of primary amides is 1. The highest BCUT2D eigenvalue weighted by Gasteiger charge is 2.24. The Morgan fingerprint density at radius 2 is 1.93 bits per heavy atom. The van der Waals surface area contributed by atoms with E-state index in [1.165, 1.54) is 32.1 Å². The van der Waals surface area contributed by atoms with Crippen molar-refractivity contribution in [2.24, 2.45) is 5.73 Å². The predicted octanol–water partition coefficient (Wildman–Crippen LogP) is 1.91. The standard InChI is InChI=1S/C12H24N2O/c1-2-3-5-8-11(12(13)15)14-9-6-4-7-10-14/h11H,2-10H2,1H3,(H2,13,15). The lowest BCUT2D eigenvalue weighted by Gasteiger charge is -2.32. The molecule has 3 nitrogen and oxygen atoms in total. The third kappa shape index (κ3) is 4.20. The second kappa shape index (κ2) is 6.83. The first-order valence-electron chi connectivity index (χ1n) is 6.29. The molecule has 88 valence electrons. The van der Waals surface area contributed by atoms with Crippen LogP contribution in [0.2, 0.25) is 0 Å². The number of carbonyl (C=O) groups is 1. The van der Waals surface area contributed by atoms with Gasteiger partial charge in [0.05, 0.1) is 6.04 Å². The first-order chi connectivity index (χ1) is 7.25. The molecular formula is C12H24N2O. The van der Waals surface area contributed by atoms with Crippen LogP contribution < -0.4 is 5.73 Å². The number of nitrogens with zero attached hydrogens (tertiary/aromatic N) is 1. The van der Waals surface area contributed by atoms with Crippen LogP contribution in [0.4, 0.5) is 0 Å². The molecule has 1 aliphatic heterocycles. The molecule has 0 radical (unpaired) electrons. The normalized spacial score (nSPS) is 20.1. The third-order valence-electron chi connectivity index (χ3n) is 3.24. The van der Waals surface area contributed by atoms with E-state index in [-0.39, 0.29) is 11.9 Å². The van der Waals surface area contributed by atoms with Gasteiger partial charge in [-0.05, 0) is 32.4 Å². The lowest BCUT2D eigenvalue weighted by molar-refractivity contribution is -0.123. The fraction of sp³-hybridized carbons (Fsp3) is 0.917. The molecule has 1 heterocycles. The van der Waals surface area contributed by atoms with E-state index in [0.29, 0.717) is 0 Å². The number of hydrogen-bond donors (Lipinski definition) is 1. The van der Waals surface area contributed by atoms with E-state index in [1.54, 1.807) is 0 Å². The fourth-order valence-corrected chi connectivity index (χ4v) is 2.32. The van der Waals surface area contributed by atoms with Gasteiger partial charge in [0.1, 0.15) is 0 Å². The van der Waals surface area contributed by atoms with Crippen LogP contribution in [0.3, 0.4) is 0 Å². The zero-order chi connectivity index (χ0) is 11.1. The third-order valence-corrected chi connectivity index (χ3v) is 3.24. The molecule has 0 bridgehead atoms. The summed E-state index contributed by atoms with van der Waals surface area (Å²) in [6.07, 6.45) is 8.22. The van der Waals surface area contributed by atoms with Crippen LogP contribution in [0.5, 0.6) is 0 Å². The van der Waals surface area contributed by atoms with Crippen LogP contribution in [0, 0.1) is 0 Å². The maximum Gasteiger partial charge on any atom is 0.234 e. The second-order valence-corrected chi connectivity index (χ2v) is 4.51. The topological polar surface area (TPSA) is 46.3 Å². The number of piperidine rings is 1. The smallest absolute Gasteiger partial charge is 0.234 e. The van der Waals surface area contributed by atoms with Crippen molar-refractivity contribution in [2.75, 3.05) is 13.1 Å². The number of carbonyl (C=O) groups excluding carboxylic acids is 1. The number of rotatable bonds is 6. The highest BCUT2D eigenvalue weighted by molar-refractivity contribution is 5.79. The maximum atomic E-state index is 11.4. The summed E-state index contributed by atoms with van der Waals surface area (Å²) in [7, 11) is 0. The van der Waals surface area contributed by atoms with Crippen molar-refractivity contribution < 1.29 is 4.79 Å². The van der Waals surface area contributed by atoms with Gasteiger partial charge in [0, 0.05) is 0 Å². The van der Waals surface area contributed by atoms with E-state index in [0.717, 1.165) is 25.9 Å². The molecule has 15 heavy (non-hydrogen) atoms. The van der Waals surface area contributed by atoms with Crippen molar-refractivity contribution in [1.82, 2.24) is 4.90 Å². The van der Waals surface area contributed by atoms with Gasteiger partial charge in [-0.25, -0.2) is 0 Å². The number of nitrogens with two attached hydrogens (primary N) is 1. The quantitative estimate of drug-likeness (QED) is 0.684. The highest BCUT2D eigenvalue weighted by Crippen LogP contribution is 2.16. The van der Waals surface area contributed by atoms with Crippen molar-refractivity contribution in [3.05, 3.63) is 0 Å². The van der Waals surface area contributed by atoms with Gasteiger partial charge < -0.3 is 5.73 Å². The van der Waals surface area contributed by atoms with Crippen LogP contribution >= 0.6 is 0 Å². The Balaban J connectivity index is 2.37. The van der Waals surface area contributed by atoms with E-state index < -0.39 is 0 Å². The molecule has 0 spiro atoms. The predicted molar refractivity (Wildman–Crippen MR) is 62.5 cm³/mol. The van der Waals surface area contributed by atoms with E-state index in [2.05, 4.69) is 11.8 Å². The molecule has 3 heteroatoms. The summed E-state index contributed by atoms with van der Waals surface area (Å²) in [5.74, 6) is -0.131. The average molecular weight is 212 g/mol. The Kier molecular flexibility index (Phi) is 5.69. The van der Waals surface area contributed by atoms with Gasteiger partial charge in [0.25, 0.3) is 0 Å². The molecule has 1 amide bonds. The van der Waals surface area contributed by atoms with Gasteiger partial charge in [0.2, 0.25) is 5.91 Å².